The Balaban J connectivity index is 0.000000360. The fourth-order valence-electron chi connectivity index (χ4n) is 7.14. The van der Waals surface area contributed by atoms with Crippen molar-refractivity contribution in [2.45, 2.75) is 108 Å². The molecule has 1 radical (unpaired) electrons. The van der Waals surface area contributed by atoms with Crippen molar-refractivity contribution in [3.63, 3.8) is 0 Å². The molecule has 0 fully saturated rings. The summed E-state index contributed by atoms with van der Waals surface area (Å²) in [6, 6.07) is 25.5. The van der Waals surface area contributed by atoms with Crippen LogP contribution in [0.4, 0.5) is 0 Å². The summed E-state index contributed by atoms with van der Waals surface area (Å²) in [4.78, 5) is 26.1. The second-order valence-corrected chi connectivity index (χ2v) is 18.0. The molecule has 0 saturated carbocycles. The normalized spacial score (nSPS) is 12.3. The molecule has 0 aliphatic heterocycles. The van der Waals surface area contributed by atoms with Crippen molar-refractivity contribution < 1.29 is 30.0 Å². The summed E-state index contributed by atoms with van der Waals surface area (Å²) in [5.74, 6) is 0.547. The molecule has 1 N–H and O–H groups in total. The number of thiophene rings is 1. The van der Waals surface area contributed by atoms with Crippen LogP contribution in [-0.2, 0) is 37.7 Å². The van der Waals surface area contributed by atoms with E-state index in [2.05, 4.69) is 108 Å². The SMILES string of the molecule is CC(C)(C)Cc1ccc2c(c1)sc1c(-c3[c-]c4ccccc4c(-c4ccc(CC(C)(C)C)nc4)c3)ncnc12.CCC(CC)C(=O)/C=C(\O)C(CC)CC.[Ir]. The number of aromatic nitrogens is 3. The van der Waals surface area contributed by atoms with Gasteiger partial charge >= 0.3 is 0 Å². The van der Waals surface area contributed by atoms with Crippen LogP contribution in [0, 0.1) is 28.7 Å². The summed E-state index contributed by atoms with van der Waals surface area (Å²) in [6.07, 6.45) is 10.6. The molecule has 0 saturated heterocycles. The van der Waals surface area contributed by atoms with Crippen molar-refractivity contribution in [2.24, 2.45) is 22.7 Å². The first-order valence-electron chi connectivity index (χ1n) is 19.7. The summed E-state index contributed by atoms with van der Waals surface area (Å²) in [6.45, 7) is 21.7. The van der Waals surface area contributed by atoms with Crippen LogP contribution in [0.15, 0.2) is 85.0 Å². The molecule has 0 unspecified atom stereocenters. The average molecular weight is 933 g/mol. The second kappa shape index (κ2) is 18.9. The average Bonchev–Trinajstić information content (AvgIpc) is 3.49. The number of hydrogen-bond donors (Lipinski definition) is 1. The van der Waals surface area contributed by atoms with Crippen LogP contribution >= 0.6 is 11.3 Å². The van der Waals surface area contributed by atoms with Gasteiger partial charge in [0.25, 0.3) is 0 Å². The Bertz CT molecular complexity index is 2230. The van der Waals surface area contributed by atoms with Gasteiger partial charge in [-0.05, 0) is 72.6 Å². The van der Waals surface area contributed by atoms with E-state index < -0.39 is 0 Å². The van der Waals surface area contributed by atoms with Gasteiger partial charge in [-0.25, -0.2) is 4.98 Å². The molecule has 3 heterocycles. The first kappa shape index (κ1) is 44.0. The Morgan fingerprint density at radius 2 is 1.47 bits per heavy atom. The molecule has 55 heavy (non-hydrogen) atoms. The van der Waals surface area contributed by atoms with E-state index in [1.54, 1.807) is 17.7 Å². The number of aliphatic hydroxyl groups is 1. The number of carbonyl (C=O) groups is 1. The third kappa shape index (κ3) is 11.2. The number of ketones is 1. The number of hydrogen-bond acceptors (Lipinski definition) is 6. The first-order chi connectivity index (χ1) is 25.6. The third-order valence-electron chi connectivity index (χ3n) is 10.0. The van der Waals surface area contributed by atoms with Gasteiger partial charge in [-0.2, -0.15) is 0 Å². The molecule has 6 rings (SSSR count). The van der Waals surface area contributed by atoms with Gasteiger partial charge in [-0.1, -0.05) is 122 Å². The number of pyridine rings is 1. The standard InChI is InChI=1S/C35H34N3S.C13H24O2.Ir/c1-34(2,3)18-22-11-14-28-30(15-22)39-33-31(37-21-38-32(28)33)25-16-23-9-7-8-10-27(23)29(17-25)24-12-13-26(36-20-24)19-35(4,5)6;1-5-10(6-2)12(14)9-13(15)11(7-3)8-4;/h7-15,17,20-21H,18-19H2,1-6H3;9-11,14H,5-8H2,1-4H3;/q-1;;/b;12-9-;. The smallest absolute Gasteiger partial charge is 0.162 e. The molecular formula is C48H58IrN3O2S-. The molecule has 0 atom stereocenters. The minimum atomic E-state index is 0. The van der Waals surface area contributed by atoms with Crippen LogP contribution in [0.5, 0.6) is 0 Å². The summed E-state index contributed by atoms with van der Waals surface area (Å²) < 4.78 is 2.37. The Morgan fingerprint density at radius 1 is 0.800 bits per heavy atom. The number of fused-ring (bicyclic) bond motifs is 4. The molecule has 0 amide bonds. The number of allylic oxidation sites excluding steroid dienone is 2. The topological polar surface area (TPSA) is 76.0 Å². The maximum atomic E-state index is 11.7. The van der Waals surface area contributed by atoms with Crippen LogP contribution in [-0.4, -0.2) is 25.8 Å². The Kier molecular flexibility index (Phi) is 15.1. The van der Waals surface area contributed by atoms with Crippen molar-refractivity contribution in [1.82, 2.24) is 15.0 Å². The van der Waals surface area contributed by atoms with E-state index in [1.165, 1.54) is 27.1 Å². The largest absolute Gasteiger partial charge is 0.512 e. The predicted octanol–water partition coefficient (Wildman–Crippen LogP) is 13.6. The van der Waals surface area contributed by atoms with Gasteiger partial charge in [0.1, 0.15) is 6.33 Å². The van der Waals surface area contributed by atoms with E-state index in [4.69, 9.17) is 15.0 Å². The van der Waals surface area contributed by atoms with Gasteiger partial charge < -0.3 is 5.11 Å². The van der Waals surface area contributed by atoms with Gasteiger partial charge in [0.2, 0.25) is 0 Å². The van der Waals surface area contributed by atoms with Crippen LogP contribution in [0.1, 0.15) is 106 Å². The molecule has 5 nitrogen and oxygen atoms in total. The van der Waals surface area contributed by atoms with Crippen LogP contribution in [0.25, 0.3) is 53.5 Å². The van der Waals surface area contributed by atoms with Crippen LogP contribution < -0.4 is 0 Å². The zero-order chi connectivity index (χ0) is 39.2. The molecule has 0 aliphatic carbocycles. The minimum Gasteiger partial charge on any atom is -0.512 e. The number of carbonyl (C=O) groups excluding carboxylic acids is 1. The number of aliphatic hydroxyl groups excluding tert-OH is 1. The van der Waals surface area contributed by atoms with Gasteiger partial charge in [-0.3, -0.25) is 14.8 Å². The van der Waals surface area contributed by atoms with Crippen LogP contribution in [0.2, 0.25) is 0 Å². The van der Waals surface area contributed by atoms with Crippen molar-refractivity contribution in [2.75, 3.05) is 0 Å². The third-order valence-corrected chi connectivity index (χ3v) is 11.2. The Labute approximate surface area is 346 Å². The minimum absolute atomic E-state index is 0. The number of nitrogens with zero attached hydrogens (tertiary/aromatic N) is 3. The van der Waals surface area contributed by atoms with E-state index in [1.807, 2.05) is 33.9 Å². The zero-order valence-electron chi connectivity index (χ0n) is 34.3. The maximum Gasteiger partial charge on any atom is 0.162 e. The van der Waals surface area contributed by atoms with Crippen molar-refractivity contribution in [1.29, 1.82) is 0 Å². The summed E-state index contributed by atoms with van der Waals surface area (Å²) in [5.41, 5.74) is 8.10. The first-order valence-corrected chi connectivity index (χ1v) is 20.5. The van der Waals surface area contributed by atoms with Crippen molar-refractivity contribution in [3.8, 4) is 22.4 Å². The van der Waals surface area contributed by atoms with E-state index in [0.717, 1.165) is 82.2 Å². The van der Waals surface area contributed by atoms with E-state index in [9.17, 15) is 9.90 Å². The van der Waals surface area contributed by atoms with E-state index in [-0.39, 0.29) is 54.3 Å². The van der Waals surface area contributed by atoms with Crippen LogP contribution in [0.3, 0.4) is 0 Å². The molecule has 0 bridgehead atoms. The second-order valence-electron chi connectivity index (χ2n) is 17.0. The predicted molar refractivity (Wildman–Crippen MR) is 230 cm³/mol. The molecule has 0 aliphatic rings. The summed E-state index contributed by atoms with van der Waals surface area (Å²) in [7, 11) is 0. The quantitative estimate of drug-likeness (QED) is 0.0796. The molecule has 6 aromatic rings. The van der Waals surface area contributed by atoms with Gasteiger partial charge in [0, 0.05) is 70.4 Å². The van der Waals surface area contributed by atoms with E-state index >= 15 is 0 Å². The maximum absolute atomic E-state index is 11.7. The molecule has 293 valence electrons. The molecule has 3 aromatic heterocycles. The summed E-state index contributed by atoms with van der Waals surface area (Å²) >= 11 is 1.78. The van der Waals surface area contributed by atoms with Gasteiger partial charge in [0.05, 0.1) is 11.3 Å². The van der Waals surface area contributed by atoms with Gasteiger partial charge in [0.15, 0.2) is 5.78 Å². The molecule has 3 aromatic carbocycles. The fourth-order valence-corrected chi connectivity index (χ4v) is 8.36. The monoisotopic (exact) mass is 933 g/mol. The van der Waals surface area contributed by atoms with Crippen molar-refractivity contribution in [3.05, 3.63) is 102 Å². The summed E-state index contributed by atoms with van der Waals surface area (Å²) in [5, 5.41) is 13.2. The molecule has 7 heteroatoms. The van der Waals surface area contributed by atoms with Crippen molar-refractivity contribution >= 4 is 48.2 Å². The Morgan fingerprint density at radius 3 is 2.09 bits per heavy atom. The molecule has 0 spiro atoms. The van der Waals surface area contributed by atoms with E-state index in [0.29, 0.717) is 0 Å². The molecular weight excluding hydrogens is 875 g/mol. The zero-order valence-corrected chi connectivity index (χ0v) is 37.6. The van der Waals surface area contributed by atoms with Gasteiger partial charge in [-0.15, -0.1) is 34.9 Å². The number of benzene rings is 3. The number of rotatable bonds is 11. The fraction of sp³-hybridized carbons (Fsp3) is 0.417. The Hall–Kier alpha value is -3.77.